The molecular formula is C15H25BrO2. The highest BCUT2D eigenvalue weighted by molar-refractivity contribution is 9.09. The van der Waals surface area contributed by atoms with Gasteiger partial charge in [-0.2, -0.15) is 0 Å². The fourth-order valence-electron chi connectivity index (χ4n) is 4.57. The van der Waals surface area contributed by atoms with Gasteiger partial charge >= 0.3 is 0 Å². The molecule has 3 aliphatic rings. The van der Waals surface area contributed by atoms with Crippen LogP contribution in [0.2, 0.25) is 0 Å². The number of alkyl halides is 1. The molecule has 2 bridgehead atoms. The number of hydrogen-bond acceptors (Lipinski definition) is 2. The second-order valence-corrected chi connectivity index (χ2v) is 7.46. The molecule has 104 valence electrons. The molecule has 0 radical (unpaired) electrons. The summed E-state index contributed by atoms with van der Waals surface area (Å²) in [5, 5.41) is 0.973. The van der Waals surface area contributed by atoms with Crippen LogP contribution in [0.4, 0.5) is 0 Å². The van der Waals surface area contributed by atoms with E-state index in [9.17, 15) is 0 Å². The van der Waals surface area contributed by atoms with Gasteiger partial charge in [0.15, 0.2) is 0 Å². The quantitative estimate of drug-likeness (QED) is 0.735. The van der Waals surface area contributed by atoms with Crippen molar-refractivity contribution in [3.63, 3.8) is 0 Å². The van der Waals surface area contributed by atoms with Gasteiger partial charge in [0.05, 0.1) is 18.3 Å². The predicted molar refractivity (Wildman–Crippen MR) is 76.1 cm³/mol. The van der Waals surface area contributed by atoms with Gasteiger partial charge in [0.2, 0.25) is 0 Å². The van der Waals surface area contributed by atoms with Crippen molar-refractivity contribution in [1.29, 1.82) is 0 Å². The molecule has 4 atom stereocenters. The summed E-state index contributed by atoms with van der Waals surface area (Å²) in [7, 11) is 0. The van der Waals surface area contributed by atoms with E-state index in [2.05, 4.69) is 29.8 Å². The van der Waals surface area contributed by atoms with Gasteiger partial charge in [0.1, 0.15) is 0 Å². The highest BCUT2D eigenvalue weighted by Crippen LogP contribution is 2.63. The van der Waals surface area contributed by atoms with Crippen molar-refractivity contribution in [2.24, 2.45) is 17.3 Å². The lowest BCUT2D eigenvalue weighted by Gasteiger charge is -2.49. The van der Waals surface area contributed by atoms with Crippen molar-refractivity contribution in [3.8, 4) is 0 Å². The van der Waals surface area contributed by atoms with E-state index < -0.39 is 0 Å². The second-order valence-electron chi connectivity index (χ2n) is 6.90. The molecule has 0 N–H and O–H groups in total. The summed E-state index contributed by atoms with van der Waals surface area (Å²) >= 11 is 3.75. The third-order valence-corrected chi connectivity index (χ3v) is 6.79. The Hall–Kier alpha value is 0.400. The van der Waals surface area contributed by atoms with Gasteiger partial charge in [0, 0.05) is 11.9 Å². The molecule has 1 saturated heterocycles. The number of fused-ring (bicyclic) bond motifs is 2. The molecule has 3 fully saturated rings. The zero-order chi connectivity index (χ0) is 12.8. The first-order valence-electron chi connectivity index (χ1n) is 7.41. The van der Waals surface area contributed by atoms with Crippen molar-refractivity contribution in [2.45, 2.75) is 57.7 Å². The van der Waals surface area contributed by atoms with Crippen LogP contribution in [0.25, 0.3) is 0 Å². The Balaban J connectivity index is 1.73. The monoisotopic (exact) mass is 316 g/mol. The Labute approximate surface area is 119 Å². The second kappa shape index (κ2) is 4.75. The van der Waals surface area contributed by atoms with Gasteiger partial charge in [-0.15, -0.1) is 0 Å². The molecule has 0 aromatic carbocycles. The van der Waals surface area contributed by atoms with Gasteiger partial charge in [-0.1, -0.05) is 29.8 Å². The minimum absolute atomic E-state index is 0.0435. The van der Waals surface area contributed by atoms with Crippen LogP contribution in [0, 0.1) is 17.3 Å². The molecule has 3 heteroatoms. The molecular weight excluding hydrogens is 292 g/mol. The van der Waals surface area contributed by atoms with Gasteiger partial charge < -0.3 is 9.47 Å². The van der Waals surface area contributed by atoms with Crippen molar-refractivity contribution < 1.29 is 9.47 Å². The first kappa shape index (κ1) is 13.4. The number of ether oxygens (including phenoxy) is 2. The Morgan fingerprint density at radius 2 is 2.00 bits per heavy atom. The lowest BCUT2D eigenvalue weighted by molar-refractivity contribution is -0.155. The summed E-state index contributed by atoms with van der Waals surface area (Å²) in [6.07, 6.45) is 6.83. The fourth-order valence-corrected chi connectivity index (χ4v) is 5.92. The van der Waals surface area contributed by atoms with E-state index in [0.717, 1.165) is 30.4 Å². The Bertz CT molecular complexity index is 312. The minimum Gasteiger partial charge on any atom is -0.376 e. The molecule has 0 amide bonds. The van der Waals surface area contributed by atoms with E-state index in [1.54, 1.807) is 0 Å². The molecule has 0 aromatic rings. The van der Waals surface area contributed by atoms with Crippen molar-refractivity contribution in [3.05, 3.63) is 0 Å². The van der Waals surface area contributed by atoms with Crippen LogP contribution >= 0.6 is 15.9 Å². The van der Waals surface area contributed by atoms with Crippen LogP contribution in [0.3, 0.4) is 0 Å². The average Bonchev–Trinajstić information content (AvgIpc) is 3.03. The van der Waals surface area contributed by atoms with Crippen LogP contribution < -0.4 is 0 Å². The summed E-state index contributed by atoms with van der Waals surface area (Å²) in [5.41, 5.74) is 0.347. The molecule has 1 aliphatic heterocycles. The third kappa shape index (κ3) is 1.81. The number of hydrogen-bond donors (Lipinski definition) is 0. The Kier molecular flexibility index (Phi) is 3.53. The lowest BCUT2D eigenvalue weighted by Crippen LogP contribution is -2.53. The standard InChI is InChI=1S/C15H25BrO2/c1-14(2)11-5-6-12(8-11)15(14,10-16)18-9-13-4-3-7-17-13/h11-13H,3-10H2,1-2H3. The number of rotatable bonds is 4. The molecule has 3 rings (SSSR count). The van der Waals surface area contributed by atoms with Crippen LogP contribution in [0.5, 0.6) is 0 Å². The normalized spacial score (nSPS) is 45.8. The lowest BCUT2D eigenvalue weighted by atomic mass is 9.66. The first-order valence-corrected chi connectivity index (χ1v) is 8.54. The molecule has 18 heavy (non-hydrogen) atoms. The summed E-state index contributed by atoms with van der Waals surface area (Å²) in [6.45, 7) is 6.53. The topological polar surface area (TPSA) is 18.5 Å². The van der Waals surface area contributed by atoms with Crippen molar-refractivity contribution in [1.82, 2.24) is 0 Å². The highest BCUT2D eigenvalue weighted by Gasteiger charge is 2.63. The highest BCUT2D eigenvalue weighted by atomic mass is 79.9. The molecule has 2 aliphatic carbocycles. The van der Waals surface area contributed by atoms with Crippen LogP contribution in [0.15, 0.2) is 0 Å². The maximum Gasteiger partial charge on any atom is 0.0861 e. The fraction of sp³-hybridized carbons (Fsp3) is 1.00. The summed E-state index contributed by atoms with van der Waals surface area (Å²) in [6, 6.07) is 0. The van der Waals surface area contributed by atoms with Crippen molar-refractivity contribution >= 4 is 15.9 Å². The van der Waals surface area contributed by atoms with E-state index in [1.165, 1.54) is 32.1 Å². The Morgan fingerprint density at radius 1 is 1.22 bits per heavy atom. The maximum atomic E-state index is 6.50. The molecule has 4 unspecified atom stereocenters. The summed E-state index contributed by atoms with van der Waals surface area (Å²) in [5.74, 6) is 1.60. The molecule has 2 saturated carbocycles. The predicted octanol–water partition coefficient (Wildman–Crippen LogP) is 3.77. The van der Waals surface area contributed by atoms with Gasteiger partial charge in [-0.25, -0.2) is 0 Å². The van der Waals surface area contributed by atoms with E-state index in [4.69, 9.17) is 9.47 Å². The van der Waals surface area contributed by atoms with E-state index in [0.29, 0.717) is 11.5 Å². The zero-order valence-electron chi connectivity index (χ0n) is 11.6. The van der Waals surface area contributed by atoms with Crippen molar-refractivity contribution in [2.75, 3.05) is 18.5 Å². The summed E-state index contributed by atoms with van der Waals surface area (Å²) in [4.78, 5) is 0. The summed E-state index contributed by atoms with van der Waals surface area (Å²) < 4.78 is 12.2. The van der Waals surface area contributed by atoms with Crippen LogP contribution in [-0.4, -0.2) is 30.2 Å². The third-order valence-electron chi connectivity index (χ3n) is 5.95. The Morgan fingerprint density at radius 3 is 2.56 bits per heavy atom. The maximum absolute atomic E-state index is 6.50. The average molecular weight is 317 g/mol. The zero-order valence-corrected chi connectivity index (χ0v) is 13.2. The van der Waals surface area contributed by atoms with E-state index in [-0.39, 0.29) is 5.60 Å². The molecule has 0 aromatic heterocycles. The van der Waals surface area contributed by atoms with Gasteiger partial charge in [0.25, 0.3) is 0 Å². The van der Waals surface area contributed by atoms with Crippen LogP contribution in [0.1, 0.15) is 46.0 Å². The van der Waals surface area contributed by atoms with Gasteiger partial charge in [-0.3, -0.25) is 0 Å². The van der Waals surface area contributed by atoms with E-state index in [1.807, 2.05) is 0 Å². The number of halogens is 1. The van der Waals surface area contributed by atoms with Gasteiger partial charge in [-0.05, 0) is 49.4 Å². The largest absolute Gasteiger partial charge is 0.376 e. The minimum atomic E-state index is 0.0435. The van der Waals surface area contributed by atoms with E-state index >= 15 is 0 Å². The molecule has 1 heterocycles. The van der Waals surface area contributed by atoms with Crippen LogP contribution in [-0.2, 0) is 9.47 Å². The SMILES string of the molecule is CC1(C)C2CCC(C2)C1(CBr)OCC1CCCO1. The molecule has 0 spiro atoms. The smallest absolute Gasteiger partial charge is 0.0861 e. The molecule has 2 nitrogen and oxygen atoms in total. The first-order chi connectivity index (χ1) is 8.60.